The van der Waals surface area contributed by atoms with Crippen molar-refractivity contribution in [1.82, 2.24) is 4.57 Å². The third-order valence-corrected chi connectivity index (χ3v) is 8.88. The van der Waals surface area contributed by atoms with E-state index in [-0.39, 0.29) is 16.9 Å². The summed E-state index contributed by atoms with van der Waals surface area (Å²) in [5.41, 5.74) is 7.15. The molecule has 4 saturated carbocycles. The zero-order valence-corrected chi connectivity index (χ0v) is 20.5. The monoisotopic (exact) mass is 483 g/mol. The lowest BCUT2D eigenvalue weighted by molar-refractivity contribution is -0.124. The van der Waals surface area contributed by atoms with E-state index in [4.69, 9.17) is 5.73 Å². The van der Waals surface area contributed by atoms with E-state index in [9.17, 15) is 14.4 Å². The third kappa shape index (κ3) is 4.23. The number of aromatic nitrogens is 1. The van der Waals surface area contributed by atoms with E-state index in [0.717, 1.165) is 23.3 Å². The zero-order valence-electron chi connectivity index (χ0n) is 20.5. The molecule has 4 fully saturated rings. The SMILES string of the molecule is NC(=O)C(Cc1ccccc1)n1ccc2c(NC(=O)CC34CC5CC(CC(C5)C3)C4)cccc2c1=O. The smallest absolute Gasteiger partial charge is 0.259 e. The van der Waals surface area contributed by atoms with Crippen LogP contribution in [0.5, 0.6) is 0 Å². The molecule has 0 radical (unpaired) electrons. The highest BCUT2D eigenvalue weighted by atomic mass is 16.2. The van der Waals surface area contributed by atoms with Crippen molar-refractivity contribution >= 4 is 28.3 Å². The fraction of sp³-hybridized carbons (Fsp3) is 0.433. The van der Waals surface area contributed by atoms with E-state index in [1.54, 1.807) is 24.4 Å². The lowest BCUT2D eigenvalue weighted by atomic mass is 9.49. The van der Waals surface area contributed by atoms with E-state index in [2.05, 4.69) is 5.32 Å². The number of fused-ring (bicyclic) bond motifs is 1. The first-order valence-corrected chi connectivity index (χ1v) is 13.2. The molecule has 186 valence electrons. The van der Waals surface area contributed by atoms with Crippen LogP contribution < -0.4 is 16.6 Å². The second kappa shape index (κ2) is 8.91. The molecule has 6 nitrogen and oxygen atoms in total. The average Bonchev–Trinajstić information content (AvgIpc) is 2.83. The number of pyridine rings is 1. The van der Waals surface area contributed by atoms with Crippen molar-refractivity contribution in [1.29, 1.82) is 0 Å². The molecule has 7 rings (SSSR count). The lowest BCUT2D eigenvalue weighted by Crippen LogP contribution is -2.47. The molecule has 2 aromatic carbocycles. The largest absolute Gasteiger partial charge is 0.368 e. The quantitative estimate of drug-likeness (QED) is 0.505. The van der Waals surface area contributed by atoms with Crippen LogP contribution in [0.2, 0.25) is 0 Å². The fourth-order valence-corrected chi connectivity index (χ4v) is 7.86. The van der Waals surface area contributed by atoms with Gasteiger partial charge in [-0.05, 0) is 85.5 Å². The second-order valence-electron chi connectivity index (χ2n) is 11.5. The number of nitrogens with zero attached hydrogens (tertiary/aromatic N) is 1. The van der Waals surface area contributed by atoms with E-state index in [0.29, 0.717) is 29.3 Å². The molecule has 36 heavy (non-hydrogen) atoms. The van der Waals surface area contributed by atoms with Gasteiger partial charge in [0.2, 0.25) is 11.8 Å². The summed E-state index contributed by atoms with van der Waals surface area (Å²) in [6.45, 7) is 0. The highest BCUT2D eigenvalue weighted by molar-refractivity contribution is 6.02. The number of amides is 2. The predicted molar refractivity (Wildman–Crippen MR) is 140 cm³/mol. The Morgan fingerprint density at radius 3 is 2.22 bits per heavy atom. The normalized spacial score (nSPS) is 27.2. The Balaban J connectivity index is 1.25. The van der Waals surface area contributed by atoms with Crippen LogP contribution in [0, 0.1) is 23.2 Å². The van der Waals surface area contributed by atoms with Gasteiger partial charge in [-0.15, -0.1) is 0 Å². The lowest BCUT2D eigenvalue weighted by Gasteiger charge is -2.56. The first-order chi connectivity index (χ1) is 17.4. The minimum Gasteiger partial charge on any atom is -0.368 e. The molecule has 0 saturated heterocycles. The van der Waals surface area contributed by atoms with Crippen molar-refractivity contribution in [3.63, 3.8) is 0 Å². The summed E-state index contributed by atoms with van der Waals surface area (Å²) >= 11 is 0. The summed E-state index contributed by atoms with van der Waals surface area (Å²) in [5, 5.41) is 4.26. The first-order valence-electron chi connectivity index (χ1n) is 13.2. The highest BCUT2D eigenvalue weighted by Crippen LogP contribution is 2.61. The molecular weight excluding hydrogens is 450 g/mol. The first kappa shape index (κ1) is 23.0. The molecule has 0 spiro atoms. The van der Waals surface area contributed by atoms with Crippen LogP contribution >= 0.6 is 0 Å². The third-order valence-electron chi connectivity index (χ3n) is 8.88. The molecule has 1 atom stereocenters. The van der Waals surface area contributed by atoms with Crippen LogP contribution in [-0.4, -0.2) is 16.4 Å². The van der Waals surface area contributed by atoms with Gasteiger partial charge in [-0.25, -0.2) is 0 Å². The number of carbonyl (C=O) groups excluding carboxylic acids is 2. The van der Waals surface area contributed by atoms with E-state index in [1.807, 2.05) is 36.4 Å². The molecular formula is C30H33N3O3. The number of hydrogen-bond acceptors (Lipinski definition) is 3. The van der Waals surface area contributed by atoms with Crippen LogP contribution in [0.4, 0.5) is 5.69 Å². The van der Waals surface area contributed by atoms with Gasteiger partial charge in [0.1, 0.15) is 6.04 Å². The Kier molecular flexibility index (Phi) is 5.70. The number of primary amides is 1. The minimum atomic E-state index is -0.793. The fourth-order valence-electron chi connectivity index (χ4n) is 7.86. The van der Waals surface area contributed by atoms with E-state index in [1.165, 1.54) is 43.1 Å². The Morgan fingerprint density at radius 2 is 1.58 bits per heavy atom. The Morgan fingerprint density at radius 1 is 0.917 bits per heavy atom. The zero-order chi connectivity index (χ0) is 24.9. The van der Waals surface area contributed by atoms with Gasteiger partial charge in [-0.3, -0.25) is 14.4 Å². The van der Waals surface area contributed by atoms with Crippen molar-refractivity contribution in [2.45, 2.75) is 57.4 Å². The number of anilines is 1. The van der Waals surface area contributed by atoms with Crippen LogP contribution in [0.25, 0.3) is 10.8 Å². The van der Waals surface area contributed by atoms with Gasteiger partial charge in [0.05, 0.1) is 0 Å². The standard InChI is InChI=1S/C30H33N3O3/c31-28(35)26(14-19-5-2-1-3-6-19)33-10-9-23-24(29(33)36)7-4-8-25(23)32-27(34)18-30-15-20-11-21(16-30)13-22(12-20)17-30/h1-10,20-22,26H,11-18H2,(H2,31,35)(H,32,34). The number of hydrogen-bond donors (Lipinski definition) is 2. The summed E-state index contributed by atoms with van der Waals surface area (Å²) in [6.07, 6.45) is 10.1. The number of carbonyl (C=O) groups is 2. The topological polar surface area (TPSA) is 94.2 Å². The van der Waals surface area contributed by atoms with Crippen molar-refractivity contribution in [2.75, 3.05) is 5.32 Å². The Bertz CT molecular complexity index is 1340. The van der Waals surface area contributed by atoms with Crippen molar-refractivity contribution in [3.8, 4) is 0 Å². The Labute approximate surface area is 210 Å². The molecule has 1 heterocycles. The molecule has 1 unspecified atom stereocenters. The van der Waals surface area contributed by atoms with Crippen LogP contribution in [0.3, 0.4) is 0 Å². The number of nitrogens with two attached hydrogens (primary N) is 1. The molecule has 1 aromatic heterocycles. The van der Waals surface area contributed by atoms with Crippen molar-refractivity contribution in [2.24, 2.45) is 28.9 Å². The summed E-state index contributed by atoms with van der Waals surface area (Å²) in [7, 11) is 0. The van der Waals surface area contributed by atoms with Gasteiger partial charge >= 0.3 is 0 Å². The molecule has 3 aromatic rings. The summed E-state index contributed by atoms with van der Waals surface area (Å²) in [5.74, 6) is 1.88. The molecule has 0 aliphatic heterocycles. The maximum atomic E-state index is 13.4. The Hall–Kier alpha value is -3.41. The van der Waals surface area contributed by atoms with E-state index >= 15 is 0 Å². The van der Waals surface area contributed by atoms with E-state index < -0.39 is 11.9 Å². The van der Waals surface area contributed by atoms with Gasteiger partial charge in [0.25, 0.3) is 5.56 Å². The molecule has 6 heteroatoms. The molecule has 4 aliphatic carbocycles. The highest BCUT2D eigenvalue weighted by Gasteiger charge is 2.51. The van der Waals surface area contributed by atoms with Crippen LogP contribution in [-0.2, 0) is 16.0 Å². The predicted octanol–water partition coefficient (Wildman–Crippen LogP) is 4.82. The van der Waals surface area contributed by atoms with Crippen molar-refractivity contribution < 1.29 is 9.59 Å². The summed E-state index contributed by atoms with van der Waals surface area (Å²) in [6, 6.07) is 15.9. The molecule has 2 amide bonds. The van der Waals surface area contributed by atoms with Gasteiger partial charge in [-0.2, -0.15) is 0 Å². The van der Waals surface area contributed by atoms with Crippen LogP contribution in [0.15, 0.2) is 65.6 Å². The number of benzene rings is 2. The molecule has 3 N–H and O–H groups in total. The summed E-state index contributed by atoms with van der Waals surface area (Å²) in [4.78, 5) is 39.0. The van der Waals surface area contributed by atoms with Gasteiger partial charge in [-0.1, -0.05) is 36.4 Å². The van der Waals surface area contributed by atoms with Gasteiger partial charge in [0, 0.05) is 35.5 Å². The maximum Gasteiger partial charge on any atom is 0.259 e. The van der Waals surface area contributed by atoms with Gasteiger partial charge < -0.3 is 15.6 Å². The maximum absolute atomic E-state index is 13.4. The number of nitrogens with one attached hydrogen (secondary N) is 1. The van der Waals surface area contributed by atoms with Crippen molar-refractivity contribution in [3.05, 3.63) is 76.7 Å². The van der Waals surface area contributed by atoms with Gasteiger partial charge in [0.15, 0.2) is 0 Å². The molecule has 4 aliphatic rings. The second-order valence-corrected chi connectivity index (χ2v) is 11.5. The number of rotatable bonds is 7. The summed E-state index contributed by atoms with van der Waals surface area (Å²) < 4.78 is 1.42. The average molecular weight is 484 g/mol. The minimum absolute atomic E-state index is 0.0349. The molecule has 4 bridgehead atoms. The van der Waals surface area contributed by atoms with Crippen LogP contribution in [0.1, 0.15) is 56.6 Å².